The van der Waals surface area contributed by atoms with Crippen molar-refractivity contribution >= 4 is 5.91 Å². The number of aromatic nitrogens is 2. The first kappa shape index (κ1) is 17.4. The van der Waals surface area contributed by atoms with E-state index in [4.69, 9.17) is 0 Å². The van der Waals surface area contributed by atoms with Gasteiger partial charge < -0.3 is 5.32 Å². The van der Waals surface area contributed by atoms with Crippen LogP contribution >= 0.6 is 0 Å². The molecule has 0 atom stereocenters. The first-order valence-electron chi connectivity index (χ1n) is 8.54. The van der Waals surface area contributed by atoms with Crippen LogP contribution in [-0.2, 0) is 13.1 Å². The summed E-state index contributed by atoms with van der Waals surface area (Å²) in [4.78, 5) is 12.9. The molecule has 130 valence electrons. The van der Waals surface area contributed by atoms with Gasteiger partial charge in [-0.15, -0.1) is 0 Å². The van der Waals surface area contributed by atoms with Gasteiger partial charge in [-0.3, -0.25) is 9.48 Å². The van der Waals surface area contributed by atoms with Gasteiger partial charge in [0, 0.05) is 24.2 Å². The third-order valence-electron chi connectivity index (χ3n) is 4.25. The van der Waals surface area contributed by atoms with Gasteiger partial charge in [-0.2, -0.15) is 10.4 Å². The Morgan fingerprint density at radius 2 is 1.85 bits per heavy atom. The molecule has 3 rings (SSSR count). The fraction of sp³-hybridized carbons (Fsp3) is 0.190. The molecule has 1 heterocycles. The van der Waals surface area contributed by atoms with Crippen LogP contribution in [0.5, 0.6) is 0 Å². The van der Waals surface area contributed by atoms with E-state index in [9.17, 15) is 10.1 Å². The minimum absolute atomic E-state index is 0.195. The minimum atomic E-state index is -0.195. The Morgan fingerprint density at radius 1 is 1.15 bits per heavy atom. The molecule has 5 nitrogen and oxygen atoms in total. The van der Waals surface area contributed by atoms with Crippen LogP contribution in [-0.4, -0.2) is 15.7 Å². The summed E-state index contributed by atoms with van der Waals surface area (Å²) in [5, 5.41) is 16.9. The van der Waals surface area contributed by atoms with Crippen LogP contribution in [0, 0.1) is 18.3 Å². The molecular formula is C21H20N4O. The summed E-state index contributed by atoms with van der Waals surface area (Å²) in [6.07, 6.45) is 0. The highest BCUT2D eigenvalue weighted by Gasteiger charge is 2.23. The number of nitrogens with zero attached hydrogens (tertiary/aromatic N) is 3. The van der Waals surface area contributed by atoms with E-state index in [2.05, 4.69) is 16.5 Å². The fourth-order valence-electron chi connectivity index (χ4n) is 3.02. The maximum absolute atomic E-state index is 12.9. The van der Waals surface area contributed by atoms with E-state index in [1.807, 2.05) is 62.4 Å². The first-order valence-corrected chi connectivity index (χ1v) is 8.54. The van der Waals surface area contributed by atoms with Crippen LogP contribution in [0.25, 0.3) is 11.1 Å². The van der Waals surface area contributed by atoms with E-state index < -0.39 is 0 Å². The van der Waals surface area contributed by atoms with Crippen LogP contribution in [0.4, 0.5) is 0 Å². The monoisotopic (exact) mass is 344 g/mol. The van der Waals surface area contributed by atoms with Crippen LogP contribution in [0.1, 0.15) is 34.2 Å². The van der Waals surface area contributed by atoms with Crippen molar-refractivity contribution in [2.24, 2.45) is 0 Å². The highest BCUT2D eigenvalue weighted by atomic mass is 16.2. The Labute approximate surface area is 152 Å². The summed E-state index contributed by atoms with van der Waals surface area (Å²) >= 11 is 0. The molecule has 0 fully saturated rings. The van der Waals surface area contributed by atoms with Crippen molar-refractivity contribution in [1.82, 2.24) is 15.1 Å². The maximum Gasteiger partial charge on any atom is 0.270 e. The molecule has 0 aliphatic carbocycles. The largest absolute Gasteiger partial charge is 0.347 e. The summed E-state index contributed by atoms with van der Waals surface area (Å²) in [5.41, 5.74) is 4.23. The zero-order chi connectivity index (χ0) is 18.5. The molecule has 0 bridgehead atoms. The molecule has 0 aliphatic rings. The molecule has 0 aliphatic heterocycles. The number of carbonyl (C=O) groups excluding carboxylic acids is 1. The lowest BCUT2D eigenvalue weighted by molar-refractivity contribution is 0.0941. The lowest BCUT2D eigenvalue weighted by Crippen LogP contribution is -2.26. The van der Waals surface area contributed by atoms with Crippen molar-refractivity contribution in [3.05, 3.63) is 77.1 Å². The van der Waals surface area contributed by atoms with Gasteiger partial charge in [0.1, 0.15) is 5.69 Å². The Bertz CT molecular complexity index is 967. The lowest BCUT2D eigenvalue weighted by atomic mass is 9.98. The molecule has 0 spiro atoms. The normalized spacial score (nSPS) is 10.3. The summed E-state index contributed by atoms with van der Waals surface area (Å²) in [7, 11) is 0. The van der Waals surface area contributed by atoms with Gasteiger partial charge in [0.25, 0.3) is 5.91 Å². The fourth-order valence-corrected chi connectivity index (χ4v) is 3.02. The molecule has 1 N–H and O–H groups in total. The van der Waals surface area contributed by atoms with Gasteiger partial charge in [-0.25, -0.2) is 0 Å². The zero-order valence-electron chi connectivity index (χ0n) is 14.9. The number of hydrogen-bond donors (Lipinski definition) is 1. The Hall–Kier alpha value is -3.39. The number of amides is 1. The smallest absolute Gasteiger partial charge is 0.270 e. The molecule has 26 heavy (non-hydrogen) atoms. The van der Waals surface area contributed by atoms with Crippen LogP contribution in [0.2, 0.25) is 0 Å². The number of benzene rings is 2. The highest BCUT2D eigenvalue weighted by molar-refractivity contribution is 6.00. The Kier molecular flexibility index (Phi) is 5.14. The SMILES string of the molecule is CCn1nc(C)c(-c2ccccc2C#N)c1C(=O)NCc1ccccc1. The van der Waals surface area contributed by atoms with Gasteiger partial charge in [0.05, 0.1) is 17.3 Å². The summed E-state index contributed by atoms with van der Waals surface area (Å²) < 4.78 is 1.69. The Morgan fingerprint density at radius 3 is 2.54 bits per heavy atom. The molecule has 5 heteroatoms. The summed E-state index contributed by atoms with van der Waals surface area (Å²) in [6.45, 7) is 4.82. The van der Waals surface area contributed by atoms with E-state index >= 15 is 0 Å². The number of nitrogens with one attached hydrogen (secondary N) is 1. The van der Waals surface area contributed by atoms with Gasteiger partial charge >= 0.3 is 0 Å². The highest BCUT2D eigenvalue weighted by Crippen LogP contribution is 2.30. The summed E-state index contributed by atoms with van der Waals surface area (Å²) in [5.74, 6) is -0.195. The van der Waals surface area contributed by atoms with E-state index in [1.54, 1.807) is 10.7 Å². The van der Waals surface area contributed by atoms with Crippen molar-refractivity contribution in [3.63, 3.8) is 0 Å². The molecular weight excluding hydrogens is 324 g/mol. The van der Waals surface area contributed by atoms with Crippen LogP contribution in [0.15, 0.2) is 54.6 Å². The molecule has 2 aromatic carbocycles. The molecule has 0 saturated carbocycles. The lowest BCUT2D eigenvalue weighted by Gasteiger charge is -2.10. The average molecular weight is 344 g/mol. The van der Waals surface area contributed by atoms with E-state index in [1.165, 1.54) is 0 Å². The van der Waals surface area contributed by atoms with Crippen molar-refractivity contribution in [2.75, 3.05) is 0 Å². The van der Waals surface area contributed by atoms with E-state index in [0.717, 1.165) is 22.4 Å². The molecule has 0 unspecified atom stereocenters. The van der Waals surface area contributed by atoms with E-state index in [0.29, 0.717) is 24.3 Å². The molecule has 0 radical (unpaired) electrons. The van der Waals surface area contributed by atoms with Gasteiger partial charge in [0.15, 0.2) is 0 Å². The maximum atomic E-state index is 12.9. The van der Waals surface area contributed by atoms with Gasteiger partial charge in [-0.05, 0) is 25.5 Å². The second kappa shape index (κ2) is 7.66. The van der Waals surface area contributed by atoms with Crippen molar-refractivity contribution in [2.45, 2.75) is 26.9 Å². The number of carbonyl (C=O) groups is 1. The van der Waals surface area contributed by atoms with Crippen LogP contribution in [0.3, 0.4) is 0 Å². The van der Waals surface area contributed by atoms with Crippen molar-refractivity contribution in [1.29, 1.82) is 5.26 Å². The summed E-state index contributed by atoms with van der Waals surface area (Å²) in [6, 6.07) is 19.3. The van der Waals surface area contributed by atoms with Gasteiger partial charge in [0.2, 0.25) is 0 Å². The molecule has 1 amide bonds. The topological polar surface area (TPSA) is 70.7 Å². The zero-order valence-corrected chi connectivity index (χ0v) is 14.9. The molecule has 1 aromatic heterocycles. The number of nitriles is 1. The average Bonchev–Trinajstić information content (AvgIpc) is 3.03. The standard InChI is InChI=1S/C21H20N4O/c1-3-25-20(21(26)23-14-16-9-5-4-6-10-16)19(15(2)24-25)18-12-8-7-11-17(18)13-22/h4-12H,3,14H2,1-2H3,(H,23,26). The quantitative estimate of drug-likeness (QED) is 0.767. The Balaban J connectivity index is 2.01. The second-order valence-corrected chi connectivity index (χ2v) is 5.95. The van der Waals surface area contributed by atoms with Crippen molar-refractivity contribution < 1.29 is 4.79 Å². The first-order chi connectivity index (χ1) is 12.7. The number of rotatable bonds is 5. The minimum Gasteiger partial charge on any atom is -0.347 e. The predicted octanol–water partition coefficient (Wildman–Crippen LogP) is 3.68. The third kappa shape index (κ3) is 3.35. The van der Waals surface area contributed by atoms with Crippen LogP contribution < -0.4 is 5.32 Å². The van der Waals surface area contributed by atoms with Gasteiger partial charge in [-0.1, -0.05) is 48.5 Å². The molecule has 0 saturated heterocycles. The predicted molar refractivity (Wildman–Crippen MR) is 100 cm³/mol. The van der Waals surface area contributed by atoms with Crippen molar-refractivity contribution in [3.8, 4) is 17.2 Å². The number of aryl methyl sites for hydroxylation is 2. The second-order valence-electron chi connectivity index (χ2n) is 5.95. The molecule has 3 aromatic rings. The van der Waals surface area contributed by atoms with E-state index in [-0.39, 0.29) is 5.91 Å². The third-order valence-corrected chi connectivity index (χ3v) is 4.25. The number of hydrogen-bond acceptors (Lipinski definition) is 3.